The number of benzene rings is 1. The number of hydrogen-bond acceptors (Lipinski definition) is 5. The molecular formula is C19H20N4O3. The number of aromatic nitrogens is 3. The van der Waals surface area contributed by atoms with Crippen molar-refractivity contribution in [3.63, 3.8) is 0 Å². The molecule has 1 amide bonds. The summed E-state index contributed by atoms with van der Waals surface area (Å²) >= 11 is 0. The second-order valence-corrected chi connectivity index (χ2v) is 5.92. The molecule has 0 radical (unpaired) electrons. The number of aromatic amines is 1. The van der Waals surface area contributed by atoms with Gasteiger partial charge in [-0.25, -0.2) is 4.98 Å². The summed E-state index contributed by atoms with van der Waals surface area (Å²) in [6, 6.07) is 9.55. The first kappa shape index (κ1) is 17.6. The van der Waals surface area contributed by atoms with Gasteiger partial charge in [-0.15, -0.1) is 0 Å². The van der Waals surface area contributed by atoms with Crippen molar-refractivity contribution < 1.29 is 9.53 Å². The summed E-state index contributed by atoms with van der Waals surface area (Å²) in [5, 5.41) is 3.75. The summed E-state index contributed by atoms with van der Waals surface area (Å²) in [6.45, 7) is 4.07. The Morgan fingerprint density at radius 2 is 2.04 bits per heavy atom. The zero-order valence-corrected chi connectivity index (χ0v) is 14.7. The lowest BCUT2D eigenvalue weighted by atomic mass is 10.1. The van der Waals surface area contributed by atoms with E-state index in [2.05, 4.69) is 20.3 Å². The minimum Gasteiger partial charge on any atom is -0.489 e. The summed E-state index contributed by atoms with van der Waals surface area (Å²) in [6.07, 6.45) is 1.71. The Kier molecular flexibility index (Phi) is 5.26. The molecule has 2 heterocycles. The molecule has 0 saturated carbocycles. The number of rotatable bonds is 6. The van der Waals surface area contributed by atoms with Gasteiger partial charge < -0.3 is 15.0 Å². The van der Waals surface area contributed by atoms with E-state index in [0.717, 1.165) is 10.9 Å². The topological polar surface area (TPSA) is 97.0 Å². The van der Waals surface area contributed by atoms with E-state index in [0.29, 0.717) is 36.0 Å². The van der Waals surface area contributed by atoms with Gasteiger partial charge in [0.1, 0.15) is 23.7 Å². The highest BCUT2D eigenvalue weighted by Crippen LogP contribution is 2.22. The molecule has 0 spiro atoms. The fourth-order valence-electron chi connectivity index (χ4n) is 2.73. The van der Waals surface area contributed by atoms with Crippen LogP contribution in [0.5, 0.6) is 5.75 Å². The Morgan fingerprint density at radius 3 is 2.85 bits per heavy atom. The number of fused-ring (bicyclic) bond motifs is 1. The maximum Gasteiger partial charge on any atom is 0.254 e. The predicted octanol–water partition coefficient (Wildman–Crippen LogP) is 1.67. The van der Waals surface area contributed by atoms with Crippen molar-refractivity contribution in [2.45, 2.75) is 20.3 Å². The number of ether oxygens (including phenoxy) is 1. The van der Waals surface area contributed by atoms with Gasteiger partial charge in [0.15, 0.2) is 0 Å². The first-order chi connectivity index (χ1) is 12.5. The number of aryl methyl sites for hydroxylation is 2. The molecular weight excluding hydrogens is 332 g/mol. The zero-order valence-electron chi connectivity index (χ0n) is 14.7. The third kappa shape index (κ3) is 4.05. The molecule has 1 aromatic carbocycles. The van der Waals surface area contributed by atoms with Gasteiger partial charge in [-0.1, -0.05) is 18.2 Å². The molecule has 2 aromatic heterocycles. The van der Waals surface area contributed by atoms with Gasteiger partial charge in [-0.3, -0.25) is 14.6 Å². The number of pyridine rings is 1. The Hall–Kier alpha value is -3.22. The quantitative estimate of drug-likeness (QED) is 0.658. The van der Waals surface area contributed by atoms with E-state index in [4.69, 9.17) is 4.74 Å². The molecule has 3 rings (SSSR count). The summed E-state index contributed by atoms with van der Waals surface area (Å²) in [7, 11) is 0. The van der Waals surface area contributed by atoms with Crippen LogP contribution in [0.15, 0.2) is 41.3 Å². The molecule has 0 fully saturated rings. The summed E-state index contributed by atoms with van der Waals surface area (Å²) in [5.41, 5.74) is 1.46. The third-order valence-corrected chi connectivity index (χ3v) is 3.96. The lowest BCUT2D eigenvalue weighted by Gasteiger charge is -2.10. The lowest BCUT2D eigenvalue weighted by molar-refractivity contribution is -0.120. The molecule has 2 N–H and O–H groups in total. The van der Waals surface area contributed by atoms with Crippen LogP contribution in [0.3, 0.4) is 0 Å². The minimum absolute atomic E-state index is 0.00965. The van der Waals surface area contributed by atoms with Gasteiger partial charge in [-0.05, 0) is 26.0 Å². The van der Waals surface area contributed by atoms with Crippen LogP contribution in [-0.2, 0) is 11.2 Å². The summed E-state index contributed by atoms with van der Waals surface area (Å²) in [5.74, 6) is 0.963. The Bertz CT molecular complexity index is 992. The maximum absolute atomic E-state index is 12.1. The van der Waals surface area contributed by atoms with Gasteiger partial charge in [0, 0.05) is 22.8 Å². The first-order valence-electron chi connectivity index (χ1n) is 8.34. The van der Waals surface area contributed by atoms with Crippen molar-refractivity contribution in [2.75, 3.05) is 13.2 Å². The fourth-order valence-corrected chi connectivity index (χ4v) is 2.73. The molecule has 0 unspecified atom stereocenters. The first-order valence-corrected chi connectivity index (χ1v) is 8.34. The molecule has 0 aliphatic rings. The highest BCUT2D eigenvalue weighted by Gasteiger charge is 2.11. The largest absolute Gasteiger partial charge is 0.489 e. The molecule has 0 atom stereocenters. The summed E-state index contributed by atoms with van der Waals surface area (Å²) in [4.78, 5) is 35.1. The van der Waals surface area contributed by atoms with Gasteiger partial charge in [0.05, 0.1) is 13.0 Å². The number of carbonyl (C=O) groups excluding carboxylic acids is 1. The fraction of sp³-hybridized carbons (Fsp3) is 0.263. The molecule has 3 aromatic rings. The molecule has 0 aliphatic carbocycles. The predicted molar refractivity (Wildman–Crippen MR) is 98.3 cm³/mol. The number of nitrogens with one attached hydrogen (secondary N) is 2. The van der Waals surface area contributed by atoms with Gasteiger partial charge in [-0.2, -0.15) is 0 Å². The van der Waals surface area contributed by atoms with Crippen LogP contribution >= 0.6 is 0 Å². The Balaban J connectivity index is 1.54. The minimum atomic E-state index is -0.275. The number of amides is 1. The number of H-pyrrole nitrogens is 1. The van der Waals surface area contributed by atoms with Crippen molar-refractivity contribution in [1.82, 2.24) is 20.3 Å². The van der Waals surface area contributed by atoms with Crippen LogP contribution in [0.2, 0.25) is 0 Å². The van der Waals surface area contributed by atoms with Crippen LogP contribution < -0.4 is 15.6 Å². The average Bonchev–Trinajstić information content (AvgIpc) is 2.62. The van der Waals surface area contributed by atoms with E-state index < -0.39 is 0 Å². The molecule has 26 heavy (non-hydrogen) atoms. The molecule has 0 aliphatic heterocycles. The average molecular weight is 352 g/mol. The van der Waals surface area contributed by atoms with Crippen molar-refractivity contribution in [3.8, 4) is 5.75 Å². The molecule has 0 saturated heterocycles. The van der Waals surface area contributed by atoms with Crippen molar-refractivity contribution in [1.29, 1.82) is 0 Å². The molecule has 0 bridgehead atoms. The third-order valence-electron chi connectivity index (χ3n) is 3.96. The Labute approximate surface area is 150 Å². The number of carbonyl (C=O) groups is 1. The van der Waals surface area contributed by atoms with E-state index in [1.54, 1.807) is 20.0 Å². The Morgan fingerprint density at radius 1 is 1.23 bits per heavy atom. The van der Waals surface area contributed by atoms with Gasteiger partial charge >= 0.3 is 0 Å². The van der Waals surface area contributed by atoms with Crippen LogP contribution in [0, 0.1) is 13.8 Å². The number of hydrogen-bond donors (Lipinski definition) is 2. The van der Waals surface area contributed by atoms with Crippen molar-refractivity contribution in [2.24, 2.45) is 0 Å². The molecule has 7 heteroatoms. The smallest absolute Gasteiger partial charge is 0.254 e. The van der Waals surface area contributed by atoms with Crippen molar-refractivity contribution >= 4 is 16.8 Å². The standard InChI is InChI=1S/C19H20N4O3/c1-12-15(19(25)23-13(2)22-12)11-17(24)20-9-10-26-16-7-3-5-14-6-4-8-21-18(14)16/h3-8H,9-11H2,1-2H3,(H,20,24)(H,22,23,25). The molecule has 7 nitrogen and oxygen atoms in total. The van der Waals surface area contributed by atoms with Crippen LogP contribution in [-0.4, -0.2) is 34.0 Å². The maximum atomic E-state index is 12.1. The number of nitrogens with zero attached hydrogens (tertiary/aromatic N) is 2. The van der Waals surface area contributed by atoms with Gasteiger partial charge in [0.2, 0.25) is 5.91 Å². The van der Waals surface area contributed by atoms with E-state index >= 15 is 0 Å². The summed E-state index contributed by atoms with van der Waals surface area (Å²) < 4.78 is 5.73. The second-order valence-electron chi connectivity index (χ2n) is 5.92. The monoisotopic (exact) mass is 352 g/mol. The number of para-hydroxylation sites is 1. The van der Waals surface area contributed by atoms with E-state index in [9.17, 15) is 9.59 Å². The van der Waals surface area contributed by atoms with Crippen LogP contribution in [0.25, 0.3) is 10.9 Å². The van der Waals surface area contributed by atoms with Gasteiger partial charge in [0.25, 0.3) is 5.56 Å². The SMILES string of the molecule is Cc1nc(C)c(CC(=O)NCCOc2cccc3cccnc23)c(=O)[nH]1. The second kappa shape index (κ2) is 7.77. The van der Waals surface area contributed by atoms with Crippen LogP contribution in [0.1, 0.15) is 17.1 Å². The normalized spacial score (nSPS) is 10.7. The van der Waals surface area contributed by atoms with Crippen molar-refractivity contribution in [3.05, 3.63) is 64.0 Å². The lowest BCUT2D eigenvalue weighted by Crippen LogP contribution is -2.32. The van der Waals surface area contributed by atoms with Crippen LogP contribution in [0.4, 0.5) is 0 Å². The van der Waals surface area contributed by atoms with E-state index in [1.807, 2.05) is 30.3 Å². The van der Waals surface area contributed by atoms with E-state index in [1.165, 1.54) is 0 Å². The highest BCUT2D eigenvalue weighted by molar-refractivity contribution is 5.84. The molecule has 134 valence electrons. The zero-order chi connectivity index (χ0) is 18.5. The van der Waals surface area contributed by atoms with E-state index in [-0.39, 0.29) is 17.9 Å². The highest BCUT2D eigenvalue weighted by atomic mass is 16.5.